The van der Waals surface area contributed by atoms with Crippen molar-refractivity contribution in [1.29, 1.82) is 0 Å². The van der Waals surface area contributed by atoms with Gasteiger partial charge in [-0.3, -0.25) is 18.8 Å². The van der Waals surface area contributed by atoms with E-state index in [-0.39, 0.29) is 31.3 Å². The van der Waals surface area contributed by atoms with E-state index in [2.05, 4.69) is 10.3 Å². The number of carboxylic acid groups (broad SMARTS) is 2. The standard InChI is InChI=1S/C20H28N5O9PS/c1-2-16(26)24-14(18(27)28)11-36-17-13-6-4-3-5-12(13)9-25(17)15(19(29)30)10-34-35(31,32)33-8-7-23-20(21)22/h3-6,9,14-15H,2,7-8,10-11H2,1H3,(H,24,26)(H,27,28)(H,29,30)(H,31,32)(H4,21,22,23)/t14-,15?/m0/s1. The van der Waals surface area contributed by atoms with Gasteiger partial charge in [-0.05, 0) is 0 Å². The van der Waals surface area contributed by atoms with Crippen LogP contribution in [-0.4, -0.2) is 75.0 Å². The van der Waals surface area contributed by atoms with Gasteiger partial charge in [-0.25, -0.2) is 14.2 Å². The Balaban J connectivity index is 2.27. The first kappa shape index (κ1) is 29.1. The van der Waals surface area contributed by atoms with Gasteiger partial charge in [0.1, 0.15) is 6.04 Å². The molecule has 16 heteroatoms. The van der Waals surface area contributed by atoms with Crippen molar-refractivity contribution in [2.45, 2.75) is 30.5 Å². The Bertz CT molecular complexity index is 1170. The number of nitrogens with zero attached hydrogens (tertiary/aromatic N) is 2. The summed E-state index contributed by atoms with van der Waals surface area (Å²) in [5.41, 5.74) is 10.3. The van der Waals surface area contributed by atoms with Gasteiger partial charge in [0.15, 0.2) is 12.0 Å². The van der Waals surface area contributed by atoms with Crippen molar-refractivity contribution in [3.63, 3.8) is 0 Å². The van der Waals surface area contributed by atoms with E-state index < -0.39 is 44.4 Å². The van der Waals surface area contributed by atoms with Crippen molar-refractivity contribution < 1.29 is 43.1 Å². The summed E-state index contributed by atoms with van der Waals surface area (Å²) in [6.45, 7) is 0.385. The van der Waals surface area contributed by atoms with E-state index in [0.29, 0.717) is 15.8 Å². The number of hydrogen-bond acceptors (Lipinski definition) is 8. The van der Waals surface area contributed by atoms with Gasteiger partial charge in [0.25, 0.3) is 0 Å². The van der Waals surface area contributed by atoms with Gasteiger partial charge in [-0.1, -0.05) is 31.2 Å². The highest BCUT2D eigenvalue weighted by molar-refractivity contribution is 7.99. The van der Waals surface area contributed by atoms with Gasteiger partial charge >= 0.3 is 19.8 Å². The topological polar surface area (TPSA) is 229 Å². The fraction of sp³-hybridized carbons (Fsp3) is 0.400. The molecular weight excluding hydrogens is 517 g/mol. The summed E-state index contributed by atoms with van der Waals surface area (Å²) >= 11 is 1.02. The van der Waals surface area contributed by atoms with Gasteiger partial charge in [-0.2, -0.15) is 0 Å². The molecule has 0 bridgehead atoms. The van der Waals surface area contributed by atoms with Crippen molar-refractivity contribution in [2.24, 2.45) is 16.5 Å². The molecule has 0 fully saturated rings. The molecule has 1 aromatic carbocycles. The average Bonchev–Trinajstić information content (AvgIpc) is 3.17. The number of aliphatic carboxylic acids is 2. The molecule has 1 amide bonds. The number of phosphoric ester groups is 1. The van der Waals surface area contributed by atoms with Crippen molar-refractivity contribution in [3.8, 4) is 0 Å². The van der Waals surface area contributed by atoms with Crippen LogP contribution in [0.5, 0.6) is 0 Å². The monoisotopic (exact) mass is 545 g/mol. The number of fused-ring (bicyclic) bond motifs is 1. The zero-order chi connectivity index (χ0) is 26.9. The number of carboxylic acids is 2. The van der Waals surface area contributed by atoms with Crippen LogP contribution >= 0.6 is 19.6 Å². The largest absolute Gasteiger partial charge is 0.480 e. The fourth-order valence-corrected chi connectivity index (χ4v) is 4.91. The van der Waals surface area contributed by atoms with Crippen LogP contribution in [-0.2, 0) is 28.0 Å². The maximum absolute atomic E-state index is 12.2. The van der Waals surface area contributed by atoms with E-state index in [1.165, 1.54) is 10.8 Å². The zero-order valence-corrected chi connectivity index (χ0v) is 21.0. The Labute approximate surface area is 210 Å². The van der Waals surface area contributed by atoms with E-state index in [0.717, 1.165) is 11.8 Å². The first-order valence-corrected chi connectivity index (χ1v) is 13.1. The normalized spacial score (nSPS) is 14.5. The molecule has 1 heterocycles. The van der Waals surface area contributed by atoms with Gasteiger partial charge in [0.05, 0.1) is 24.8 Å². The maximum Gasteiger partial charge on any atom is 0.472 e. The second kappa shape index (κ2) is 13.3. The molecule has 0 saturated carbocycles. The highest BCUT2D eigenvalue weighted by Crippen LogP contribution is 2.44. The number of rotatable bonds is 15. The number of aliphatic imine (C=N–C) groups is 1. The van der Waals surface area contributed by atoms with Crippen LogP contribution in [0.4, 0.5) is 0 Å². The molecule has 8 N–H and O–H groups in total. The molecule has 0 spiro atoms. The summed E-state index contributed by atoms with van der Waals surface area (Å²) in [6.07, 6.45) is 1.61. The van der Waals surface area contributed by atoms with Crippen molar-refractivity contribution in [2.75, 3.05) is 25.5 Å². The minimum Gasteiger partial charge on any atom is -0.480 e. The van der Waals surface area contributed by atoms with E-state index in [9.17, 15) is 34.1 Å². The third-order valence-electron chi connectivity index (χ3n) is 4.70. The SMILES string of the molecule is CCC(=O)N[C@@H](CSc1c2ccccc2cn1C(COP(=O)(O)OCCN=C(N)N)C(=O)O)C(=O)O. The molecule has 0 saturated heterocycles. The Morgan fingerprint density at radius 2 is 1.89 bits per heavy atom. The third-order valence-corrected chi connectivity index (χ3v) is 6.89. The van der Waals surface area contributed by atoms with Crippen LogP contribution in [0.1, 0.15) is 19.4 Å². The summed E-state index contributed by atoms with van der Waals surface area (Å²) in [6, 6.07) is 4.23. The van der Waals surface area contributed by atoms with Crippen molar-refractivity contribution in [1.82, 2.24) is 9.88 Å². The lowest BCUT2D eigenvalue weighted by atomic mass is 10.2. The first-order valence-electron chi connectivity index (χ1n) is 10.6. The number of phosphoric acid groups is 1. The van der Waals surface area contributed by atoms with Crippen LogP contribution in [0.25, 0.3) is 10.8 Å². The van der Waals surface area contributed by atoms with Gasteiger partial charge in [0.2, 0.25) is 5.91 Å². The second-order valence-corrected chi connectivity index (χ2v) is 9.77. The molecular formula is C20H28N5O9PS. The molecule has 2 rings (SSSR count). The van der Waals surface area contributed by atoms with Crippen LogP contribution < -0.4 is 16.8 Å². The Morgan fingerprint density at radius 1 is 1.19 bits per heavy atom. The number of carbonyl (C=O) groups is 3. The maximum atomic E-state index is 12.2. The van der Waals surface area contributed by atoms with E-state index >= 15 is 0 Å². The molecule has 2 unspecified atom stereocenters. The summed E-state index contributed by atoms with van der Waals surface area (Å²) in [7, 11) is -4.64. The number of benzene rings is 1. The van der Waals surface area contributed by atoms with Crippen LogP contribution in [0.3, 0.4) is 0 Å². The predicted molar refractivity (Wildman–Crippen MR) is 132 cm³/mol. The molecule has 0 radical (unpaired) electrons. The van der Waals surface area contributed by atoms with Crippen molar-refractivity contribution >= 4 is 54.2 Å². The van der Waals surface area contributed by atoms with Crippen LogP contribution in [0.2, 0.25) is 0 Å². The second-order valence-electron chi connectivity index (χ2n) is 7.31. The van der Waals surface area contributed by atoms with E-state index in [1.807, 2.05) is 0 Å². The number of carbonyl (C=O) groups excluding carboxylic acids is 1. The molecule has 14 nitrogen and oxygen atoms in total. The quantitative estimate of drug-likeness (QED) is 0.0599. The lowest BCUT2D eigenvalue weighted by molar-refractivity contribution is -0.142. The first-order chi connectivity index (χ1) is 16.9. The smallest absolute Gasteiger partial charge is 0.472 e. The molecule has 2 aromatic rings. The Kier molecular flexibility index (Phi) is 10.7. The number of aromatic nitrogens is 1. The minimum atomic E-state index is -4.64. The van der Waals surface area contributed by atoms with Gasteiger partial charge < -0.3 is 36.5 Å². The zero-order valence-electron chi connectivity index (χ0n) is 19.3. The van der Waals surface area contributed by atoms with E-state index in [4.69, 9.17) is 20.5 Å². The number of hydrogen-bond donors (Lipinski definition) is 6. The Morgan fingerprint density at radius 3 is 2.50 bits per heavy atom. The molecule has 0 aliphatic heterocycles. The highest BCUT2D eigenvalue weighted by atomic mass is 32.2. The van der Waals surface area contributed by atoms with Gasteiger partial charge in [-0.15, -0.1) is 11.8 Å². The number of guanidine groups is 1. The molecule has 0 aliphatic carbocycles. The average molecular weight is 546 g/mol. The predicted octanol–water partition coefficient (Wildman–Crippen LogP) is 0.746. The summed E-state index contributed by atoms with van der Waals surface area (Å²) in [5, 5.41) is 23.4. The summed E-state index contributed by atoms with van der Waals surface area (Å²) in [4.78, 5) is 48.9. The molecule has 3 atom stereocenters. The number of nitrogens with one attached hydrogen (secondary N) is 1. The number of amides is 1. The van der Waals surface area contributed by atoms with Crippen molar-refractivity contribution in [3.05, 3.63) is 30.5 Å². The van der Waals surface area contributed by atoms with Crippen LogP contribution in [0, 0.1) is 0 Å². The fourth-order valence-electron chi connectivity index (χ4n) is 2.97. The molecule has 198 valence electrons. The third kappa shape index (κ3) is 8.53. The molecule has 36 heavy (non-hydrogen) atoms. The Hall–Kier alpha value is -3.10. The molecule has 0 aliphatic rings. The van der Waals surface area contributed by atoms with E-state index in [1.54, 1.807) is 31.2 Å². The number of thioether (sulfide) groups is 1. The summed E-state index contributed by atoms with van der Waals surface area (Å²) < 4.78 is 23.2. The minimum absolute atomic E-state index is 0.0986. The van der Waals surface area contributed by atoms with Gasteiger partial charge in [0, 0.05) is 29.1 Å². The summed E-state index contributed by atoms with van der Waals surface area (Å²) in [5.74, 6) is -3.40. The lowest BCUT2D eigenvalue weighted by Gasteiger charge is -2.20. The number of nitrogens with two attached hydrogens (primary N) is 2. The van der Waals surface area contributed by atoms with Crippen LogP contribution in [0.15, 0.2) is 40.5 Å². The lowest BCUT2D eigenvalue weighted by Crippen LogP contribution is -2.42. The highest BCUT2D eigenvalue weighted by Gasteiger charge is 2.30. The molecule has 1 aromatic heterocycles.